The van der Waals surface area contributed by atoms with Gasteiger partial charge in [-0.25, -0.2) is 50.5 Å². The van der Waals surface area contributed by atoms with Crippen LogP contribution < -0.4 is 11.5 Å². The maximum absolute atomic E-state index is 12.3. The van der Waals surface area contributed by atoms with Crippen LogP contribution in [0.3, 0.4) is 0 Å². The van der Waals surface area contributed by atoms with E-state index in [1.54, 1.807) is 24.3 Å². The fourth-order valence-corrected chi connectivity index (χ4v) is 33.9. The number of nitrogens with zero attached hydrogens (tertiary/aromatic N) is 5. The van der Waals surface area contributed by atoms with Gasteiger partial charge >= 0.3 is 0 Å². The number of sulfonamides is 6. The lowest BCUT2D eigenvalue weighted by Gasteiger charge is -2.21. The zero-order valence-corrected chi connectivity index (χ0v) is 92.2. The Bertz CT molecular complexity index is 5360. The number of carbonyl (C=O) groups excluding carboxylic acids is 4. The molecule has 7 aromatic carbocycles. The van der Waals surface area contributed by atoms with E-state index in [0.29, 0.717) is 110 Å². The summed E-state index contributed by atoms with van der Waals surface area (Å²) in [4.78, 5) is 53.6. The molecule has 5 fully saturated rings. The van der Waals surface area contributed by atoms with E-state index in [2.05, 4.69) is 99.7 Å². The number of benzene rings is 7. The predicted octanol–water partition coefficient (Wildman–Crippen LogP) is 22.3. The van der Waals surface area contributed by atoms with Crippen LogP contribution in [0.25, 0.3) is 12.4 Å². The second kappa shape index (κ2) is 67.7. The molecule has 0 bridgehead atoms. The summed E-state index contributed by atoms with van der Waals surface area (Å²) in [5.74, 6) is 14.5. The first-order chi connectivity index (χ1) is 67.4. The molecule has 4 saturated heterocycles. The van der Waals surface area contributed by atoms with Gasteiger partial charge in [0, 0.05) is 79.1 Å². The van der Waals surface area contributed by atoms with Crippen molar-refractivity contribution in [3.8, 4) is 5.75 Å². The summed E-state index contributed by atoms with van der Waals surface area (Å²) in [6.45, 7) is 9.20. The number of allylic oxidation sites excluding steroid dienone is 1. The van der Waals surface area contributed by atoms with Crippen molar-refractivity contribution in [3.63, 3.8) is 0 Å². The van der Waals surface area contributed by atoms with Crippen molar-refractivity contribution in [1.82, 2.24) is 4.90 Å². The predicted molar refractivity (Wildman–Crippen MR) is 596 cm³/mol. The van der Waals surface area contributed by atoms with Gasteiger partial charge in [-0.1, -0.05) is 257 Å². The quantitative estimate of drug-likeness (QED) is 0.0138. The van der Waals surface area contributed by atoms with Crippen LogP contribution in [-0.2, 0) is 104 Å². The Morgan fingerprint density at radius 1 is 0.362 bits per heavy atom. The van der Waals surface area contributed by atoms with Crippen molar-refractivity contribution in [2.45, 2.75) is 262 Å². The van der Waals surface area contributed by atoms with Crippen LogP contribution >= 0.6 is 0 Å². The Balaban J connectivity index is 0.000000249. The number of hydrogen-bond acceptors (Lipinski definition) is 21. The van der Waals surface area contributed by atoms with E-state index in [9.17, 15) is 69.7 Å². The molecule has 6 aliphatic rings. The van der Waals surface area contributed by atoms with E-state index in [4.69, 9.17) is 16.6 Å². The molecule has 0 amide bonds. The van der Waals surface area contributed by atoms with Gasteiger partial charge in [-0.2, -0.15) is 0 Å². The molecule has 0 spiro atoms. The fourth-order valence-electron chi connectivity index (χ4n) is 16.0. The Labute approximate surface area is 858 Å². The van der Waals surface area contributed by atoms with Crippen LogP contribution in [0.4, 0.5) is 11.4 Å². The molecule has 13 rings (SSSR count). The number of hydrogen-bond donors (Lipinski definition) is 3. The van der Waals surface area contributed by atoms with Gasteiger partial charge in [0.15, 0.2) is 23.0 Å². The Kier molecular flexibility index (Phi) is 58.9. The molecule has 34 heteroatoms. The number of phenolic OH excluding ortho intramolecular Hbond substituents is 1. The average molecular weight is 2140 g/mol. The van der Waals surface area contributed by atoms with E-state index < -0.39 is 60.1 Å². The number of nitrogen functional groups attached to an aromatic ring is 2. The van der Waals surface area contributed by atoms with Gasteiger partial charge < -0.3 is 33.9 Å². The molecular weight excluding hydrogens is 1980 g/mol. The summed E-state index contributed by atoms with van der Waals surface area (Å²) in [6.07, 6.45) is 39.9. The zero-order valence-electron chi connectivity index (χ0n) is 84.1. The molecule has 0 unspecified atom stereocenters. The molecule has 1 aliphatic carbocycles. The monoisotopic (exact) mass is 2130 g/mol. The van der Waals surface area contributed by atoms with Crippen LogP contribution in [0.5, 0.6) is 5.75 Å². The summed E-state index contributed by atoms with van der Waals surface area (Å²) in [5, 5.41) is 9.11. The molecule has 782 valence electrons. The van der Waals surface area contributed by atoms with Crippen LogP contribution in [0.15, 0.2) is 209 Å². The van der Waals surface area contributed by atoms with Crippen molar-refractivity contribution in [3.05, 3.63) is 246 Å². The lowest BCUT2D eigenvalue weighted by molar-refractivity contribution is 0.101. The van der Waals surface area contributed by atoms with Gasteiger partial charge in [-0.15, -0.1) is 0 Å². The number of ketones is 4. The number of unbranched alkanes of at least 4 members (excludes halogenated alkanes) is 16. The number of nitrogens with two attached hydrogens (primary N) is 2. The van der Waals surface area contributed by atoms with Gasteiger partial charge in [0.25, 0.3) is 0 Å². The number of rotatable bonds is 48. The van der Waals surface area contributed by atoms with Crippen molar-refractivity contribution < 1.29 is 74.8 Å². The van der Waals surface area contributed by atoms with E-state index >= 15 is 0 Å². The number of phenols is 1. The molecular formula is C107H158N7O17S10+. The SMILES string of the molecule is CCCCCCCCS(=O)(=O)[N-]S(=O)(=O)CCCCN(C)C.CCCCCCCCS(=O)(=O)[N-]S(=O)(=O)c1ccc(N)cc1.CCCCCCCCS(=O)(=O)[N-]S(=O)(=O)c1ccc(N)cc1.Cc1ccc(C2=NC=CC2)cc1.O=C(C[S+]1CCCC1)c1ccc(C2CCCCC2)cc1.O=C(C[S+]1CCCC1)c1ccc(O)cc1.O=C(C[S+]1CCCC1)c1ccccc1.O=C(C[S+]1CCCC1)c1ccccc1. The Hall–Kier alpha value is -7.03. The third kappa shape index (κ3) is 53.2. The van der Waals surface area contributed by atoms with Crippen LogP contribution in [0, 0.1) is 6.92 Å². The van der Waals surface area contributed by atoms with Gasteiger partial charge in [0.05, 0.1) is 45.8 Å². The lowest BCUT2D eigenvalue weighted by Crippen LogP contribution is -2.18. The highest BCUT2D eigenvalue weighted by Crippen LogP contribution is 2.34. The average Bonchev–Trinajstić information content (AvgIpc) is 1.24. The second-order valence-electron chi connectivity index (χ2n) is 36.7. The maximum Gasteiger partial charge on any atom is 0.211 e. The van der Waals surface area contributed by atoms with Gasteiger partial charge in [-0.3, -0.25) is 24.2 Å². The van der Waals surface area contributed by atoms with Crippen molar-refractivity contribution in [1.29, 1.82) is 0 Å². The third-order valence-corrected chi connectivity index (χ3v) is 43.8. The number of anilines is 2. The Morgan fingerprint density at radius 3 is 0.986 bits per heavy atom. The molecule has 0 radical (unpaired) electrons. The summed E-state index contributed by atoms with van der Waals surface area (Å²) in [6, 6.07) is 53.5. The number of carbonyl (C=O) groups is 4. The summed E-state index contributed by atoms with van der Waals surface area (Å²) >= 11 is 0. The summed E-state index contributed by atoms with van der Waals surface area (Å²) in [7, 11) is -18.8. The molecule has 5 aliphatic heterocycles. The fraction of sp³-hybridized carbons (Fsp3) is 0.542. The van der Waals surface area contributed by atoms with E-state index in [1.807, 2.05) is 85.9 Å². The van der Waals surface area contributed by atoms with Crippen LogP contribution in [0.2, 0.25) is 0 Å². The first-order valence-electron chi connectivity index (χ1n) is 50.3. The molecule has 5 heterocycles. The second-order valence-corrected chi connectivity index (χ2v) is 57.0. The largest absolute Gasteiger partial charge is 0.508 e. The Morgan fingerprint density at radius 2 is 0.667 bits per heavy atom. The molecule has 5 N–H and O–H groups in total. The molecule has 0 atom stereocenters. The minimum absolute atomic E-state index is 0.171. The standard InChI is InChI=1S/C18H25OS.2C14H23N2O4S2.C14H31N2O4S2.C12H14O2S.2C12H15OS.C11H11N/c19-18(14-20-12-4-5-13-20)17-10-8-16(9-11-17)15-6-2-1-3-7-15;2*1-2-3-4-5-6-7-12-21(17,18)16-22(19,20)14-10-8-13(15)9-11-14;1-4-5-6-7-8-10-13-21(17,18)15-22(19,20)14-11-9-12-16(2)3;13-11-5-3-10(4-6-11)12(14)9-15-7-1-2-8-15;2*13-12(10-14-8-4-5-9-14)11-6-2-1-3-7-11;1-9-4-6-10(7-5-9)11-3-2-8-12-11/h8-11,15H,1-7,12-14H2;2*8-11H,2-7,12,15H2,1H3;4-14H2,1-3H3;3-6H,1-2,7-9H2;2*1-3,6-7H,4-5,8-10H2;2,4-8H,3H2,1H3/q+1;3*-1;;2*+1;/p+1. The van der Waals surface area contributed by atoms with Crippen LogP contribution in [-0.4, -0.2) is 202 Å². The summed E-state index contributed by atoms with van der Waals surface area (Å²) in [5.41, 5.74) is 20.3. The smallest absolute Gasteiger partial charge is 0.211 e. The number of Topliss-reactive ketones (excluding diaryl/α,β-unsaturated/α-hetero) is 4. The highest BCUT2D eigenvalue weighted by molar-refractivity contribution is 8.13. The molecule has 1 saturated carbocycles. The highest BCUT2D eigenvalue weighted by Gasteiger charge is 2.32. The molecule has 7 aromatic rings. The van der Waals surface area contributed by atoms with Gasteiger partial charge in [-0.05, 0) is 257 Å². The van der Waals surface area contributed by atoms with E-state index in [-0.39, 0.29) is 44.3 Å². The molecule has 24 nitrogen and oxygen atoms in total. The number of aromatic hydroxyl groups is 1. The topological polar surface area (TPSA) is 403 Å². The first-order valence-corrected chi connectivity index (χ1v) is 66.6. The summed E-state index contributed by atoms with van der Waals surface area (Å²) < 4.78 is 151. The van der Waals surface area contributed by atoms with Crippen LogP contribution in [0.1, 0.15) is 303 Å². The van der Waals surface area contributed by atoms with Crippen molar-refractivity contribution >= 4 is 144 Å². The lowest BCUT2D eigenvalue weighted by atomic mass is 9.84. The zero-order chi connectivity index (χ0) is 103. The number of aryl methyl sites for hydroxylation is 1. The number of aliphatic imine (C=N–C) groups is 1. The first kappa shape index (κ1) is 123. The van der Waals surface area contributed by atoms with Crippen molar-refractivity contribution in [2.75, 3.05) is 124 Å². The van der Waals surface area contributed by atoms with Gasteiger partial charge in [0.1, 0.15) is 71.8 Å². The molecule has 141 heavy (non-hydrogen) atoms. The highest BCUT2D eigenvalue weighted by atomic mass is 32.3. The van der Waals surface area contributed by atoms with E-state index in [0.717, 1.165) is 155 Å². The molecule has 0 aromatic heterocycles. The minimum atomic E-state index is -4.20. The third-order valence-electron chi connectivity index (χ3n) is 24.1. The van der Waals surface area contributed by atoms with E-state index in [1.165, 1.54) is 200 Å². The normalized spacial score (nSPS) is 15.4. The van der Waals surface area contributed by atoms with Crippen molar-refractivity contribution in [2.24, 2.45) is 4.99 Å². The minimum Gasteiger partial charge on any atom is -0.508 e. The van der Waals surface area contributed by atoms with Gasteiger partial charge in [0.2, 0.25) is 23.1 Å². The maximum atomic E-state index is 12.3.